The molecule has 0 aromatic heterocycles. The zero-order chi connectivity index (χ0) is 13.3. The van der Waals surface area contributed by atoms with Gasteiger partial charge in [0.1, 0.15) is 0 Å². The molecule has 1 aromatic carbocycles. The van der Waals surface area contributed by atoms with Gasteiger partial charge in [0.25, 0.3) is 0 Å². The molecule has 0 amide bonds. The van der Waals surface area contributed by atoms with Crippen LogP contribution in [0.3, 0.4) is 0 Å². The molecule has 3 nitrogen and oxygen atoms in total. The standard InChI is InChI=1S/C14H18BrNO2/c1-10(17)12-5-4-11(8-13(12)15)16-7-3-6-14(2,18)9-16/h4-5,8,18H,3,6-7,9H2,1-2H3. The number of rotatable bonds is 2. The zero-order valence-electron chi connectivity index (χ0n) is 10.7. The van der Waals surface area contributed by atoms with Crippen molar-refractivity contribution < 1.29 is 9.90 Å². The van der Waals surface area contributed by atoms with Crippen molar-refractivity contribution in [1.82, 2.24) is 0 Å². The fourth-order valence-electron chi connectivity index (χ4n) is 2.43. The monoisotopic (exact) mass is 311 g/mol. The number of carbonyl (C=O) groups is 1. The molecule has 1 heterocycles. The SMILES string of the molecule is CC(=O)c1ccc(N2CCCC(C)(O)C2)cc1Br. The first-order valence-corrected chi connectivity index (χ1v) is 6.96. The Labute approximate surface area is 116 Å². The lowest BCUT2D eigenvalue weighted by molar-refractivity contribution is 0.0449. The van der Waals surface area contributed by atoms with Crippen LogP contribution in [0.25, 0.3) is 0 Å². The van der Waals surface area contributed by atoms with E-state index in [1.165, 1.54) is 0 Å². The summed E-state index contributed by atoms with van der Waals surface area (Å²) in [5.74, 6) is 0.0547. The molecule has 2 rings (SSSR count). The molecule has 98 valence electrons. The lowest BCUT2D eigenvalue weighted by Gasteiger charge is -2.38. The molecule has 1 aliphatic rings. The van der Waals surface area contributed by atoms with Crippen molar-refractivity contribution >= 4 is 27.4 Å². The predicted molar refractivity (Wildman–Crippen MR) is 76.2 cm³/mol. The average Bonchev–Trinajstić information content (AvgIpc) is 2.27. The van der Waals surface area contributed by atoms with E-state index in [0.29, 0.717) is 12.1 Å². The van der Waals surface area contributed by atoms with Gasteiger partial charge in [0, 0.05) is 28.8 Å². The molecule has 18 heavy (non-hydrogen) atoms. The van der Waals surface area contributed by atoms with Gasteiger partial charge in [-0.3, -0.25) is 4.79 Å². The van der Waals surface area contributed by atoms with Crippen LogP contribution in [0.1, 0.15) is 37.0 Å². The molecule has 0 spiro atoms. The Balaban J connectivity index is 2.24. The lowest BCUT2D eigenvalue weighted by Crippen LogP contribution is -2.46. The van der Waals surface area contributed by atoms with E-state index in [1.54, 1.807) is 6.92 Å². The summed E-state index contributed by atoms with van der Waals surface area (Å²) in [4.78, 5) is 13.5. The third-order valence-electron chi connectivity index (χ3n) is 3.37. The summed E-state index contributed by atoms with van der Waals surface area (Å²) in [7, 11) is 0. The molecule has 1 saturated heterocycles. The number of halogens is 1. The molecule has 0 aliphatic carbocycles. The Morgan fingerprint density at radius 3 is 2.78 bits per heavy atom. The number of β-amino-alcohol motifs (C(OH)–C–C–N with tert-alkyl or cyclic N) is 1. The zero-order valence-corrected chi connectivity index (χ0v) is 12.3. The minimum atomic E-state index is -0.621. The minimum absolute atomic E-state index is 0.0547. The van der Waals surface area contributed by atoms with Gasteiger partial charge in [-0.05, 0) is 60.8 Å². The van der Waals surface area contributed by atoms with E-state index in [4.69, 9.17) is 0 Å². The summed E-state index contributed by atoms with van der Waals surface area (Å²) >= 11 is 3.43. The summed E-state index contributed by atoms with van der Waals surface area (Å²) in [5.41, 5.74) is 1.12. The first-order valence-electron chi connectivity index (χ1n) is 6.17. The van der Waals surface area contributed by atoms with Crippen molar-refractivity contribution in [2.75, 3.05) is 18.0 Å². The Hall–Kier alpha value is -0.870. The Bertz CT molecular complexity index is 471. The second kappa shape index (κ2) is 5.02. The van der Waals surface area contributed by atoms with Crippen molar-refractivity contribution in [2.45, 2.75) is 32.3 Å². The fourth-order valence-corrected chi connectivity index (χ4v) is 3.07. The van der Waals surface area contributed by atoms with Crippen molar-refractivity contribution in [2.24, 2.45) is 0 Å². The summed E-state index contributed by atoms with van der Waals surface area (Å²) < 4.78 is 0.817. The fraction of sp³-hybridized carbons (Fsp3) is 0.500. The van der Waals surface area contributed by atoms with E-state index in [1.807, 2.05) is 25.1 Å². The highest BCUT2D eigenvalue weighted by Gasteiger charge is 2.28. The van der Waals surface area contributed by atoms with Gasteiger partial charge in [0.05, 0.1) is 5.60 Å². The second-order valence-electron chi connectivity index (χ2n) is 5.24. The van der Waals surface area contributed by atoms with Crippen LogP contribution in [0.4, 0.5) is 5.69 Å². The number of aliphatic hydroxyl groups is 1. The van der Waals surface area contributed by atoms with E-state index in [2.05, 4.69) is 20.8 Å². The predicted octanol–water partition coefficient (Wildman–Crippen LogP) is 3.00. The molecule has 0 bridgehead atoms. The Kier molecular flexibility index (Phi) is 3.78. The van der Waals surface area contributed by atoms with Gasteiger partial charge in [-0.25, -0.2) is 0 Å². The number of piperidine rings is 1. The maximum Gasteiger partial charge on any atom is 0.160 e. The van der Waals surface area contributed by atoms with E-state index in [-0.39, 0.29) is 5.78 Å². The third kappa shape index (κ3) is 2.93. The number of ketones is 1. The lowest BCUT2D eigenvalue weighted by atomic mass is 9.94. The molecule has 1 unspecified atom stereocenters. The van der Waals surface area contributed by atoms with Crippen LogP contribution in [-0.2, 0) is 0 Å². The molecule has 1 atom stereocenters. The third-order valence-corrected chi connectivity index (χ3v) is 4.03. The number of benzene rings is 1. The first kappa shape index (κ1) is 13.6. The molecule has 1 aromatic rings. The first-order chi connectivity index (χ1) is 8.39. The quantitative estimate of drug-likeness (QED) is 0.854. The van der Waals surface area contributed by atoms with Crippen molar-refractivity contribution in [3.05, 3.63) is 28.2 Å². The largest absolute Gasteiger partial charge is 0.388 e. The Morgan fingerprint density at radius 1 is 1.50 bits per heavy atom. The summed E-state index contributed by atoms with van der Waals surface area (Å²) in [6, 6.07) is 5.74. The van der Waals surface area contributed by atoms with Crippen LogP contribution in [0.2, 0.25) is 0 Å². The van der Waals surface area contributed by atoms with E-state index in [9.17, 15) is 9.90 Å². The molecule has 1 fully saturated rings. The minimum Gasteiger partial charge on any atom is -0.388 e. The van der Waals surface area contributed by atoms with Gasteiger partial charge in [-0.1, -0.05) is 0 Å². The van der Waals surface area contributed by atoms with E-state index >= 15 is 0 Å². The van der Waals surface area contributed by atoms with Crippen LogP contribution in [-0.4, -0.2) is 29.6 Å². The van der Waals surface area contributed by atoms with Gasteiger partial charge in [-0.15, -0.1) is 0 Å². The highest BCUT2D eigenvalue weighted by Crippen LogP contribution is 2.29. The number of hydrogen-bond donors (Lipinski definition) is 1. The van der Waals surface area contributed by atoms with Gasteiger partial charge >= 0.3 is 0 Å². The number of Topliss-reactive ketones (excluding diaryl/α,β-unsaturated/α-hetero) is 1. The van der Waals surface area contributed by atoms with Crippen LogP contribution >= 0.6 is 15.9 Å². The summed E-state index contributed by atoms with van der Waals surface area (Å²) in [5, 5.41) is 10.1. The molecule has 1 aliphatic heterocycles. The maximum atomic E-state index is 11.4. The molecule has 0 radical (unpaired) electrons. The normalized spacial score (nSPS) is 24.1. The van der Waals surface area contributed by atoms with Crippen LogP contribution in [0, 0.1) is 0 Å². The molecule has 4 heteroatoms. The number of nitrogens with zero attached hydrogens (tertiary/aromatic N) is 1. The van der Waals surface area contributed by atoms with E-state index < -0.39 is 5.60 Å². The topological polar surface area (TPSA) is 40.5 Å². The molecular formula is C14H18BrNO2. The Morgan fingerprint density at radius 2 is 2.22 bits per heavy atom. The smallest absolute Gasteiger partial charge is 0.160 e. The summed E-state index contributed by atoms with van der Waals surface area (Å²) in [6.07, 6.45) is 1.83. The summed E-state index contributed by atoms with van der Waals surface area (Å²) in [6.45, 7) is 5.02. The number of carbonyl (C=O) groups excluding carboxylic acids is 1. The highest BCUT2D eigenvalue weighted by atomic mass is 79.9. The van der Waals surface area contributed by atoms with Crippen molar-refractivity contribution in [3.8, 4) is 0 Å². The maximum absolute atomic E-state index is 11.4. The van der Waals surface area contributed by atoms with Gasteiger partial charge < -0.3 is 10.0 Å². The van der Waals surface area contributed by atoms with Crippen molar-refractivity contribution in [1.29, 1.82) is 0 Å². The van der Waals surface area contributed by atoms with Crippen LogP contribution < -0.4 is 4.90 Å². The van der Waals surface area contributed by atoms with Gasteiger partial charge in [-0.2, -0.15) is 0 Å². The molecule has 1 N–H and O–H groups in total. The molecule has 0 saturated carbocycles. The van der Waals surface area contributed by atoms with Crippen LogP contribution in [0.15, 0.2) is 22.7 Å². The average molecular weight is 312 g/mol. The van der Waals surface area contributed by atoms with Gasteiger partial charge in [0.2, 0.25) is 0 Å². The van der Waals surface area contributed by atoms with Crippen molar-refractivity contribution in [3.63, 3.8) is 0 Å². The number of hydrogen-bond acceptors (Lipinski definition) is 3. The second-order valence-corrected chi connectivity index (χ2v) is 6.10. The van der Waals surface area contributed by atoms with E-state index in [0.717, 1.165) is 29.5 Å². The van der Waals surface area contributed by atoms with Gasteiger partial charge in [0.15, 0.2) is 5.78 Å². The molecular weight excluding hydrogens is 294 g/mol. The van der Waals surface area contributed by atoms with Crippen LogP contribution in [0.5, 0.6) is 0 Å². The number of anilines is 1. The highest BCUT2D eigenvalue weighted by molar-refractivity contribution is 9.10.